The van der Waals surface area contributed by atoms with Crippen molar-refractivity contribution in [3.63, 3.8) is 0 Å². The Morgan fingerprint density at radius 3 is 0.667 bits per heavy atom. The second kappa shape index (κ2) is 14.2. The standard InChI is InChI=1S/C52H36P2/c1-5-21-37(22-6-1)53(38-23-7-2-8-24-38)51-47-35-19-15-31-43(47)41-29-13-17-33-45(41)49(51)50-46-34-18-14-30-42(46)44-32-16-20-36-48(44)52(50)54(39-25-9-3-10-26-39)40-27-11-4-12-28-40/h1-36H. The summed E-state index contributed by atoms with van der Waals surface area (Å²) in [7, 11) is -1.99. The van der Waals surface area contributed by atoms with Crippen molar-refractivity contribution in [3.8, 4) is 11.1 Å². The average molecular weight is 723 g/mol. The highest BCUT2D eigenvalue weighted by Gasteiger charge is 2.31. The molecule has 0 bridgehead atoms. The molecular weight excluding hydrogens is 687 g/mol. The number of rotatable bonds is 7. The van der Waals surface area contributed by atoms with Gasteiger partial charge in [-0.1, -0.05) is 218 Å². The molecule has 0 nitrogen and oxygen atoms in total. The summed E-state index contributed by atoms with van der Waals surface area (Å²) in [5, 5.41) is 18.6. The van der Waals surface area contributed by atoms with E-state index in [9.17, 15) is 0 Å². The Bertz CT molecular complexity index is 2640. The van der Waals surface area contributed by atoms with Crippen LogP contribution in [-0.2, 0) is 0 Å². The summed E-state index contributed by atoms with van der Waals surface area (Å²) >= 11 is 0. The van der Waals surface area contributed by atoms with Crippen LogP contribution >= 0.6 is 15.8 Å². The van der Waals surface area contributed by atoms with Crippen molar-refractivity contribution in [2.75, 3.05) is 0 Å². The Kier molecular flexibility index (Phi) is 8.58. The molecule has 0 amide bonds. The summed E-state index contributed by atoms with van der Waals surface area (Å²) in [6.07, 6.45) is 0. The van der Waals surface area contributed by atoms with E-state index in [2.05, 4.69) is 218 Å². The average Bonchev–Trinajstić information content (AvgIpc) is 3.26. The van der Waals surface area contributed by atoms with Gasteiger partial charge in [0.25, 0.3) is 0 Å². The van der Waals surface area contributed by atoms with Crippen LogP contribution in [-0.4, -0.2) is 0 Å². The zero-order valence-corrected chi connectivity index (χ0v) is 31.5. The molecular formula is C52H36P2. The molecule has 10 rings (SSSR count). The van der Waals surface area contributed by atoms with Crippen molar-refractivity contribution in [1.82, 2.24) is 0 Å². The lowest BCUT2D eigenvalue weighted by atomic mass is 9.88. The van der Waals surface area contributed by atoms with Gasteiger partial charge in [-0.3, -0.25) is 0 Å². The molecule has 0 aliphatic rings. The summed E-state index contributed by atoms with van der Waals surface area (Å²) in [5.74, 6) is 0. The molecule has 0 heterocycles. The monoisotopic (exact) mass is 722 g/mol. The second-order valence-electron chi connectivity index (χ2n) is 13.6. The Labute approximate surface area is 318 Å². The van der Waals surface area contributed by atoms with Gasteiger partial charge < -0.3 is 0 Å². The summed E-state index contributed by atoms with van der Waals surface area (Å²) in [4.78, 5) is 0. The van der Waals surface area contributed by atoms with Crippen LogP contribution in [0.1, 0.15) is 0 Å². The summed E-state index contributed by atoms with van der Waals surface area (Å²) < 4.78 is 0. The number of fused-ring (bicyclic) bond motifs is 6. The van der Waals surface area contributed by atoms with Crippen LogP contribution in [0.3, 0.4) is 0 Å². The van der Waals surface area contributed by atoms with Gasteiger partial charge in [0, 0.05) is 10.6 Å². The fourth-order valence-corrected chi connectivity index (χ4v) is 13.6. The van der Waals surface area contributed by atoms with Crippen molar-refractivity contribution < 1.29 is 0 Å². The first-order valence-electron chi connectivity index (χ1n) is 18.5. The van der Waals surface area contributed by atoms with Crippen LogP contribution in [0, 0.1) is 0 Å². The molecule has 0 fully saturated rings. The molecule has 54 heavy (non-hydrogen) atoms. The molecule has 0 unspecified atom stereocenters. The summed E-state index contributed by atoms with van der Waals surface area (Å²) in [6, 6.07) is 81.5. The lowest BCUT2D eigenvalue weighted by Gasteiger charge is -2.31. The van der Waals surface area contributed by atoms with Crippen molar-refractivity contribution in [3.05, 3.63) is 218 Å². The van der Waals surface area contributed by atoms with Crippen LogP contribution in [0.5, 0.6) is 0 Å². The quantitative estimate of drug-likeness (QED) is 0.113. The van der Waals surface area contributed by atoms with Crippen molar-refractivity contribution in [2.45, 2.75) is 0 Å². The molecule has 10 aromatic rings. The Balaban J connectivity index is 1.49. The van der Waals surface area contributed by atoms with Gasteiger partial charge in [-0.2, -0.15) is 0 Å². The van der Waals surface area contributed by atoms with E-state index in [0.717, 1.165) is 0 Å². The van der Waals surface area contributed by atoms with E-state index in [-0.39, 0.29) is 0 Å². The lowest BCUT2D eigenvalue weighted by Crippen LogP contribution is -2.27. The molecule has 0 spiro atoms. The first-order chi connectivity index (χ1) is 26.9. The third-order valence-electron chi connectivity index (χ3n) is 10.6. The zero-order chi connectivity index (χ0) is 35.8. The first-order valence-corrected chi connectivity index (χ1v) is 21.2. The molecule has 0 aliphatic carbocycles. The highest BCUT2D eigenvalue weighted by atomic mass is 31.1. The molecule has 10 aromatic carbocycles. The number of benzene rings is 10. The van der Waals surface area contributed by atoms with Gasteiger partial charge in [-0.15, -0.1) is 0 Å². The van der Waals surface area contributed by atoms with Gasteiger partial charge in [-0.05, 0) is 91.3 Å². The number of hydrogen-bond acceptors (Lipinski definition) is 0. The Morgan fingerprint density at radius 2 is 0.389 bits per heavy atom. The van der Waals surface area contributed by atoms with Crippen LogP contribution in [0.25, 0.3) is 54.2 Å². The first kappa shape index (κ1) is 32.7. The minimum Gasteiger partial charge on any atom is -0.0622 e. The Morgan fingerprint density at radius 1 is 0.185 bits per heavy atom. The number of hydrogen-bond donors (Lipinski definition) is 0. The highest BCUT2D eigenvalue weighted by Crippen LogP contribution is 2.50. The van der Waals surface area contributed by atoms with Gasteiger partial charge >= 0.3 is 0 Å². The van der Waals surface area contributed by atoms with Crippen LogP contribution in [0.4, 0.5) is 0 Å². The van der Waals surface area contributed by atoms with E-state index in [4.69, 9.17) is 0 Å². The van der Waals surface area contributed by atoms with Crippen molar-refractivity contribution in [1.29, 1.82) is 0 Å². The molecule has 0 aromatic heterocycles. The SMILES string of the molecule is c1ccc(P(c2ccccc2)c2c(-c3c(P(c4ccccc4)c4ccccc4)c4ccccc4c4ccccc34)c3ccccc3c3ccccc23)cc1. The maximum absolute atomic E-state index is 2.38. The summed E-state index contributed by atoms with van der Waals surface area (Å²) in [5.41, 5.74) is 2.69. The molecule has 0 aliphatic heterocycles. The van der Waals surface area contributed by atoms with Gasteiger partial charge in [0.05, 0.1) is 0 Å². The van der Waals surface area contributed by atoms with Gasteiger partial charge in [0.15, 0.2) is 0 Å². The third kappa shape index (κ3) is 5.54. The Hall–Kier alpha value is -5.90. The van der Waals surface area contributed by atoms with E-state index >= 15 is 0 Å². The fourth-order valence-electron chi connectivity index (χ4n) is 8.34. The summed E-state index contributed by atoms with van der Waals surface area (Å²) in [6.45, 7) is 0. The molecule has 0 radical (unpaired) electrons. The highest BCUT2D eigenvalue weighted by molar-refractivity contribution is 7.81. The minimum absolute atomic E-state index is 0.995. The van der Waals surface area contributed by atoms with Crippen LogP contribution in [0.15, 0.2) is 218 Å². The van der Waals surface area contributed by atoms with Gasteiger partial charge in [0.1, 0.15) is 0 Å². The zero-order valence-electron chi connectivity index (χ0n) is 29.7. The van der Waals surface area contributed by atoms with E-state index in [0.29, 0.717) is 0 Å². The van der Waals surface area contributed by atoms with E-state index in [1.54, 1.807) is 0 Å². The topological polar surface area (TPSA) is 0 Å². The second-order valence-corrected chi connectivity index (χ2v) is 17.9. The smallest absolute Gasteiger partial charge is 0.00129 e. The van der Waals surface area contributed by atoms with Crippen LogP contribution < -0.4 is 31.8 Å². The molecule has 254 valence electrons. The van der Waals surface area contributed by atoms with E-state index < -0.39 is 15.8 Å². The van der Waals surface area contributed by atoms with Gasteiger partial charge in [-0.25, -0.2) is 0 Å². The van der Waals surface area contributed by atoms with E-state index in [1.807, 2.05) is 0 Å². The third-order valence-corrected chi connectivity index (χ3v) is 15.6. The van der Waals surface area contributed by atoms with Crippen molar-refractivity contribution >= 4 is 90.8 Å². The molecule has 0 saturated carbocycles. The van der Waals surface area contributed by atoms with Crippen molar-refractivity contribution in [2.24, 2.45) is 0 Å². The molecule has 0 saturated heterocycles. The van der Waals surface area contributed by atoms with Crippen LogP contribution in [0.2, 0.25) is 0 Å². The molecule has 0 N–H and O–H groups in total. The normalized spacial score (nSPS) is 11.7. The molecule has 0 atom stereocenters. The maximum atomic E-state index is 2.38. The van der Waals surface area contributed by atoms with E-state index in [1.165, 1.54) is 86.0 Å². The predicted molar refractivity (Wildman–Crippen MR) is 239 cm³/mol. The molecule has 2 heteroatoms. The minimum atomic E-state index is -0.995. The predicted octanol–water partition coefficient (Wildman–Crippen LogP) is 11.5. The fraction of sp³-hybridized carbons (Fsp3) is 0. The largest absolute Gasteiger partial charge is 0.0622 e. The maximum Gasteiger partial charge on any atom is 0.00129 e. The van der Waals surface area contributed by atoms with Gasteiger partial charge in [0.2, 0.25) is 0 Å². The lowest BCUT2D eigenvalue weighted by molar-refractivity contribution is 1.73.